The van der Waals surface area contributed by atoms with Crippen molar-refractivity contribution in [3.63, 3.8) is 0 Å². The van der Waals surface area contributed by atoms with Crippen LogP contribution in [0.5, 0.6) is 0 Å². The Morgan fingerprint density at radius 3 is 1.87 bits per heavy atom. The summed E-state index contributed by atoms with van der Waals surface area (Å²) in [5.41, 5.74) is 4.69. The average Bonchev–Trinajstić information content (AvgIpc) is 3.30. The maximum atomic E-state index is 6.48. The molecule has 0 aliphatic heterocycles. The van der Waals surface area contributed by atoms with E-state index in [0.29, 0.717) is 27.2 Å². The molecule has 0 bridgehead atoms. The van der Waals surface area contributed by atoms with Crippen LogP contribution in [-0.2, 0) is 0 Å². The maximum Gasteiger partial charge on any atom is 0.137 e. The minimum absolute atomic E-state index is 0.596. The molecule has 0 aliphatic rings. The second-order valence-corrected chi connectivity index (χ2v) is 7.80. The molecular weight excluding hydrogens is 427 g/mol. The van der Waals surface area contributed by atoms with Gasteiger partial charge in [0.1, 0.15) is 17.2 Å². The Labute approximate surface area is 189 Å². The number of hydrogen-bond donors (Lipinski definition) is 0. The van der Waals surface area contributed by atoms with Crippen molar-refractivity contribution in [2.45, 2.75) is 0 Å². The molecule has 0 N–H and O–H groups in total. The molecule has 0 amide bonds. The molecule has 0 unspecified atom stereocenters. The molecule has 2 aromatic heterocycles. The molecule has 0 atom stereocenters. The number of rotatable bonds is 4. The van der Waals surface area contributed by atoms with E-state index in [-0.39, 0.29) is 0 Å². The van der Waals surface area contributed by atoms with Crippen LogP contribution in [0.3, 0.4) is 0 Å². The summed E-state index contributed by atoms with van der Waals surface area (Å²) in [6.07, 6.45) is 0. The third-order valence-electron chi connectivity index (χ3n) is 5.00. The fourth-order valence-corrected chi connectivity index (χ4v) is 3.93. The third-order valence-corrected chi connectivity index (χ3v) is 5.66. The molecule has 0 fully saturated rings. The lowest BCUT2D eigenvalue weighted by Crippen LogP contribution is -1.96. The number of furan rings is 1. The summed E-state index contributed by atoms with van der Waals surface area (Å²) in [4.78, 5) is 0. The topological polar surface area (TPSA) is 38.9 Å². The van der Waals surface area contributed by atoms with Gasteiger partial charge in [-0.15, -0.1) is 10.2 Å². The predicted octanol–water partition coefficient (Wildman–Crippen LogP) is 8.04. The predicted molar refractivity (Wildman–Crippen MR) is 126 cm³/mol. The van der Waals surface area contributed by atoms with Gasteiger partial charge in [0.25, 0.3) is 0 Å². The second kappa shape index (κ2) is 8.38. The Morgan fingerprint density at radius 1 is 0.548 bits per heavy atom. The molecule has 31 heavy (non-hydrogen) atoms. The summed E-state index contributed by atoms with van der Waals surface area (Å²) in [5, 5.41) is 10.2. The van der Waals surface area contributed by atoms with Crippen molar-refractivity contribution in [3.05, 3.63) is 107 Å². The fraction of sp³-hybridized carbons (Fsp3) is 0. The molecule has 3 nitrogen and oxygen atoms in total. The molecule has 5 heteroatoms. The number of aromatic nitrogens is 2. The molecule has 5 aromatic rings. The molecule has 150 valence electrons. The van der Waals surface area contributed by atoms with Gasteiger partial charge in [0.15, 0.2) is 0 Å². The average molecular weight is 443 g/mol. The van der Waals surface area contributed by atoms with Gasteiger partial charge in [-0.05, 0) is 30.3 Å². The van der Waals surface area contributed by atoms with Gasteiger partial charge < -0.3 is 4.42 Å². The van der Waals surface area contributed by atoms with Gasteiger partial charge >= 0.3 is 0 Å². The van der Waals surface area contributed by atoms with Crippen molar-refractivity contribution in [2.75, 3.05) is 0 Å². The Kier molecular flexibility index (Phi) is 5.29. The molecule has 0 radical (unpaired) electrons. The van der Waals surface area contributed by atoms with Crippen LogP contribution in [0.25, 0.3) is 45.2 Å². The van der Waals surface area contributed by atoms with Gasteiger partial charge in [-0.3, -0.25) is 0 Å². The van der Waals surface area contributed by atoms with E-state index in [9.17, 15) is 0 Å². The van der Waals surface area contributed by atoms with E-state index in [0.717, 1.165) is 28.0 Å². The van der Waals surface area contributed by atoms with Gasteiger partial charge in [-0.1, -0.05) is 89.9 Å². The molecule has 3 aromatic carbocycles. The summed E-state index contributed by atoms with van der Waals surface area (Å²) in [6, 6.07) is 30.9. The standard InChI is InChI=1S/C26H16Cl2N2O/c27-21-12-6-4-10-18(21)23-16-20(26(30-29-23)19-11-5-7-13-22(19)28)25-15-14-24(31-25)17-8-2-1-3-9-17/h1-16H. The zero-order valence-electron chi connectivity index (χ0n) is 16.3. The minimum atomic E-state index is 0.596. The highest BCUT2D eigenvalue weighted by Crippen LogP contribution is 2.38. The largest absolute Gasteiger partial charge is 0.456 e. The Balaban J connectivity index is 1.70. The lowest BCUT2D eigenvalue weighted by Gasteiger charge is -2.11. The van der Waals surface area contributed by atoms with Crippen LogP contribution >= 0.6 is 23.2 Å². The van der Waals surface area contributed by atoms with Crippen LogP contribution in [0, 0.1) is 0 Å². The van der Waals surface area contributed by atoms with Crippen LogP contribution in [0.2, 0.25) is 10.0 Å². The minimum Gasteiger partial charge on any atom is -0.456 e. The van der Waals surface area contributed by atoms with Gasteiger partial charge in [0, 0.05) is 22.3 Å². The van der Waals surface area contributed by atoms with Crippen LogP contribution in [0.1, 0.15) is 0 Å². The second-order valence-electron chi connectivity index (χ2n) is 6.98. The lowest BCUT2D eigenvalue weighted by molar-refractivity contribution is 0.597. The molecule has 2 heterocycles. The number of nitrogens with zero attached hydrogens (tertiary/aromatic N) is 2. The van der Waals surface area contributed by atoms with Gasteiger partial charge in [-0.25, -0.2) is 0 Å². The highest BCUT2D eigenvalue weighted by Gasteiger charge is 2.18. The van der Waals surface area contributed by atoms with E-state index >= 15 is 0 Å². The molecule has 0 spiro atoms. The highest BCUT2D eigenvalue weighted by molar-refractivity contribution is 6.33. The third kappa shape index (κ3) is 3.86. The molecule has 0 aliphatic carbocycles. The van der Waals surface area contributed by atoms with Crippen molar-refractivity contribution in [3.8, 4) is 45.2 Å². The van der Waals surface area contributed by atoms with Gasteiger partial charge in [0.2, 0.25) is 0 Å². The quantitative estimate of drug-likeness (QED) is 0.282. The van der Waals surface area contributed by atoms with Crippen LogP contribution in [0.15, 0.2) is 101 Å². The smallest absolute Gasteiger partial charge is 0.137 e. The number of benzene rings is 3. The van der Waals surface area contributed by atoms with E-state index in [2.05, 4.69) is 10.2 Å². The normalized spacial score (nSPS) is 10.9. The molecule has 5 rings (SSSR count). The SMILES string of the molecule is Clc1ccccc1-c1cc(-c2ccc(-c3ccccc3)o2)c(-c2ccccc2Cl)nn1. The summed E-state index contributed by atoms with van der Waals surface area (Å²) < 4.78 is 6.24. The van der Waals surface area contributed by atoms with Crippen LogP contribution < -0.4 is 0 Å². The first-order valence-electron chi connectivity index (χ1n) is 9.74. The van der Waals surface area contributed by atoms with Gasteiger partial charge in [0.05, 0.1) is 15.7 Å². The molecular formula is C26H16Cl2N2O. The zero-order valence-corrected chi connectivity index (χ0v) is 17.8. The first-order chi connectivity index (χ1) is 15.2. The van der Waals surface area contributed by atoms with E-state index in [1.54, 1.807) is 0 Å². The van der Waals surface area contributed by atoms with Gasteiger partial charge in [-0.2, -0.15) is 0 Å². The maximum absolute atomic E-state index is 6.48. The summed E-state index contributed by atoms with van der Waals surface area (Å²) in [6.45, 7) is 0. The van der Waals surface area contributed by atoms with Crippen molar-refractivity contribution in [1.29, 1.82) is 0 Å². The molecule has 0 saturated carbocycles. The number of hydrogen-bond acceptors (Lipinski definition) is 3. The summed E-state index contributed by atoms with van der Waals surface area (Å²) in [5.74, 6) is 1.45. The van der Waals surface area contributed by atoms with Crippen molar-refractivity contribution < 1.29 is 4.42 Å². The highest BCUT2D eigenvalue weighted by atomic mass is 35.5. The summed E-state index contributed by atoms with van der Waals surface area (Å²) in [7, 11) is 0. The first kappa shape index (κ1) is 19.6. The Hall–Kier alpha value is -3.40. The Bertz CT molecular complexity index is 1360. The Morgan fingerprint density at radius 2 is 1.16 bits per heavy atom. The molecule has 0 saturated heterocycles. The number of halogens is 2. The zero-order chi connectivity index (χ0) is 21.2. The van der Waals surface area contributed by atoms with E-state index in [1.807, 2.05) is 97.1 Å². The van der Waals surface area contributed by atoms with E-state index in [4.69, 9.17) is 27.6 Å². The van der Waals surface area contributed by atoms with Crippen molar-refractivity contribution in [2.24, 2.45) is 0 Å². The van der Waals surface area contributed by atoms with Crippen molar-refractivity contribution >= 4 is 23.2 Å². The van der Waals surface area contributed by atoms with Crippen molar-refractivity contribution in [1.82, 2.24) is 10.2 Å². The first-order valence-corrected chi connectivity index (χ1v) is 10.5. The fourth-order valence-electron chi connectivity index (χ4n) is 3.47. The van der Waals surface area contributed by atoms with E-state index in [1.165, 1.54) is 0 Å². The monoisotopic (exact) mass is 442 g/mol. The summed E-state index contributed by atoms with van der Waals surface area (Å²) >= 11 is 12.9. The van der Waals surface area contributed by atoms with E-state index < -0.39 is 0 Å². The van der Waals surface area contributed by atoms with Crippen LogP contribution in [-0.4, -0.2) is 10.2 Å². The lowest BCUT2D eigenvalue weighted by atomic mass is 10.0. The van der Waals surface area contributed by atoms with Crippen LogP contribution in [0.4, 0.5) is 0 Å².